The molecule has 0 aliphatic carbocycles. The number of halogens is 1. The molecule has 0 aromatic heterocycles. The lowest BCUT2D eigenvalue weighted by Gasteiger charge is -2.24. The third-order valence-electron chi connectivity index (χ3n) is 3.16. The van der Waals surface area contributed by atoms with Gasteiger partial charge in [0.05, 0.1) is 6.10 Å². The zero-order valence-electron chi connectivity index (χ0n) is 13.8. The molecule has 1 rings (SSSR count). The van der Waals surface area contributed by atoms with Gasteiger partial charge in [0.25, 0.3) is 0 Å². The third-order valence-corrected chi connectivity index (χ3v) is 3.39. The van der Waals surface area contributed by atoms with Gasteiger partial charge in [-0.2, -0.15) is 0 Å². The van der Waals surface area contributed by atoms with Gasteiger partial charge in [-0.3, -0.25) is 0 Å². The van der Waals surface area contributed by atoms with Gasteiger partial charge in [-0.05, 0) is 57.7 Å². The van der Waals surface area contributed by atoms with E-state index < -0.39 is 11.7 Å². The van der Waals surface area contributed by atoms with Gasteiger partial charge >= 0.3 is 6.09 Å². The second kappa shape index (κ2) is 8.39. The summed E-state index contributed by atoms with van der Waals surface area (Å²) in [4.78, 5) is 13.4. The van der Waals surface area contributed by atoms with Gasteiger partial charge in [0.15, 0.2) is 0 Å². The number of rotatable bonds is 6. The molecule has 1 aromatic carbocycles. The van der Waals surface area contributed by atoms with Gasteiger partial charge in [-0.25, -0.2) is 4.79 Å². The SMILES string of the molecule is CN(CCCCC(O)c1cccc(Cl)c1)C(=O)OC(C)(C)C. The van der Waals surface area contributed by atoms with Gasteiger partial charge in [0.1, 0.15) is 5.60 Å². The van der Waals surface area contributed by atoms with Gasteiger partial charge in [-0.15, -0.1) is 0 Å². The Balaban J connectivity index is 2.28. The maximum absolute atomic E-state index is 11.8. The number of benzene rings is 1. The van der Waals surface area contributed by atoms with Crippen molar-refractivity contribution in [2.45, 2.75) is 51.7 Å². The van der Waals surface area contributed by atoms with Gasteiger partial charge < -0.3 is 14.7 Å². The highest BCUT2D eigenvalue weighted by atomic mass is 35.5. The molecule has 124 valence electrons. The molecule has 0 saturated heterocycles. The number of aliphatic hydroxyl groups excluding tert-OH is 1. The van der Waals surface area contributed by atoms with Crippen molar-refractivity contribution in [1.29, 1.82) is 0 Å². The predicted molar refractivity (Wildman–Crippen MR) is 89.1 cm³/mol. The summed E-state index contributed by atoms with van der Waals surface area (Å²) < 4.78 is 5.28. The fourth-order valence-corrected chi connectivity index (χ4v) is 2.20. The average molecular weight is 328 g/mol. The van der Waals surface area contributed by atoms with E-state index in [9.17, 15) is 9.90 Å². The lowest BCUT2D eigenvalue weighted by molar-refractivity contribution is 0.0295. The van der Waals surface area contributed by atoms with Crippen molar-refractivity contribution in [2.24, 2.45) is 0 Å². The minimum atomic E-state index is -0.523. The standard InChI is InChI=1S/C17H26ClNO3/c1-17(2,3)22-16(21)19(4)11-6-5-10-15(20)13-8-7-9-14(18)12-13/h7-9,12,15,20H,5-6,10-11H2,1-4H3. The van der Waals surface area contributed by atoms with E-state index in [0.29, 0.717) is 18.0 Å². The Morgan fingerprint density at radius 1 is 1.36 bits per heavy atom. The number of ether oxygens (including phenoxy) is 1. The maximum Gasteiger partial charge on any atom is 0.410 e. The second-order valence-corrected chi connectivity index (χ2v) is 6.90. The fraction of sp³-hybridized carbons (Fsp3) is 0.588. The minimum absolute atomic E-state index is 0.317. The highest BCUT2D eigenvalue weighted by Crippen LogP contribution is 2.22. The molecule has 5 heteroatoms. The van der Waals surface area contributed by atoms with Crippen LogP contribution in [-0.4, -0.2) is 35.3 Å². The highest BCUT2D eigenvalue weighted by molar-refractivity contribution is 6.30. The third kappa shape index (κ3) is 7.14. The van der Waals surface area contributed by atoms with Gasteiger partial charge in [-0.1, -0.05) is 23.7 Å². The Labute approximate surface area is 138 Å². The van der Waals surface area contributed by atoms with Crippen molar-refractivity contribution in [3.8, 4) is 0 Å². The number of carbonyl (C=O) groups excluding carboxylic acids is 1. The molecule has 0 aliphatic rings. The summed E-state index contributed by atoms with van der Waals surface area (Å²) in [6, 6.07) is 7.26. The van der Waals surface area contributed by atoms with E-state index in [-0.39, 0.29) is 6.09 Å². The molecular formula is C17H26ClNO3. The van der Waals surface area contributed by atoms with Crippen LogP contribution in [0.4, 0.5) is 4.79 Å². The van der Waals surface area contributed by atoms with Crippen molar-refractivity contribution in [3.05, 3.63) is 34.9 Å². The largest absolute Gasteiger partial charge is 0.444 e. The Morgan fingerprint density at radius 2 is 2.05 bits per heavy atom. The van der Waals surface area contributed by atoms with Crippen LogP contribution in [0, 0.1) is 0 Å². The molecule has 0 bridgehead atoms. The number of hydrogen-bond acceptors (Lipinski definition) is 3. The van der Waals surface area contributed by atoms with Crippen molar-refractivity contribution >= 4 is 17.7 Å². The molecule has 0 radical (unpaired) electrons. The zero-order valence-corrected chi connectivity index (χ0v) is 14.6. The number of amides is 1. The molecule has 1 aromatic rings. The first-order valence-electron chi connectivity index (χ1n) is 7.56. The van der Waals surface area contributed by atoms with Crippen molar-refractivity contribution in [2.75, 3.05) is 13.6 Å². The summed E-state index contributed by atoms with van der Waals surface area (Å²) >= 11 is 5.91. The molecule has 0 spiro atoms. The lowest BCUT2D eigenvalue weighted by Crippen LogP contribution is -2.34. The van der Waals surface area contributed by atoms with E-state index in [1.54, 1.807) is 24.1 Å². The van der Waals surface area contributed by atoms with Crippen LogP contribution >= 0.6 is 11.6 Å². The van der Waals surface area contributed by atoms with Crippen LogP contribution in [0.1, 0.15) is 51.7 Å². The van der Waals surface area contributed by atoms with Crippen LogP contribution < -0.4 is 0 Å². The number of aliphatic hydroxyl groups is 1. The zero-order chi connectivity index (χ0) is 16.8. The van der Waals surface area contributed by atoms with Crippen LogP contribution in [0.25, 0.3) is 0 Å². The number of nitrogens with zero attached hydrogens (tertiary/aromatic N) is 1. The van der Waals surface area contributed by atoms with Gasteiger partial charge in [0, 0.05) is 18.6 Å². The molecule has 0 heterocycles. The van der Waals surface area contributed by atoms with Crippen LogP contribution in [-0.2, 0) is 4.74 Å². The molecule has 1 atom stereocenters. The summed E-state index contributed by atoms with van der Waals surface area (Å²) in [5, 5.41) is 10.7. The van der Waals surface area contributed by atoms with Crippen LogP contribution in [0.5, 0.6) is 0 Å². The predicted octanol–water partition coefficient (Wildman–Crippen LogP) is 4.41. The topological polar surface area (TPSA) is 49.8 Å². The molecule has 1 unspecified atom stereocenters. The number of unbranched alkanes of at least 4 members (excludes halogenated alkanes) is 1. The molecule has 0 fully saturated rings. The normalized spacial score (nSPS) is 12.8. The van der Waals surface area contributed by atoms with E-state index in [0.717, 1.165) is 18.4 Å². The quantitative estimate of drug-likeness (QED) is 0.787. The molecule has 4 nitrogen and oxygen atoms in total. The average Bonchev–Trinajstić information content (AvgIpc) is 2.41. The highest BCUT2D eigenvalue weighted by Gasteiger charge is 2.19. The molecule has 0 aliphatic heterocycles. The Hall–Kier alpha value is -1.26. The molecule has 0 saturated carbocycles. The number of hydrogen-bond donors (Lipinski definition) is 1. The first kappa shape index (κ1) is 18.8. The summed E-state index contributed by atoms with van der Waals surface area (Å²) in [5.41, 5.74) is 0.349. The van der Waals surface area contributed by atoms with Crippen molar-refractivity contribution in [1.82, 2.24) is 4.90 Å². The van der Waals surface area contributed by atoms with E-state index >= 15 is 0 Å². The lowest BCUT2D eigenvalue weighted by atomic mass is 10.0. The summed E-state index contributed by atoms with van der Waals surface area (Å²) in [5.74, 6) is 0. The van der Waals surface area contributed by atoms with E-state index in [2.05, 4.69) is 0 Å². The van der Waals surface area contributed by atoms with E-state index in [1.165, 1.54) is 0 Å². The van der Waals surface area contributed by atoms with E-state index in [1.807, 2.05) is 32.9 Å². The number of carbonyl (C=O) groups is 1. The summed E-state index contributed by atoms with van der Waals surface area (Å²) in [7, 11) is 1.72. The molecule has 1 amide bonds. The van der Waals surface area contributed by atoms with Gasteiger partial charge in [0.2, 0.25) is 0 Å². The van der Waals surface area contributed by atoms with Crippen LogP contribution in [0.2, 0.25) is 5.02 Å². The molecule has 22 heavy (non-hydrogen) atoms. The van der Waals surface area contributed by atoms with Crippen LogP contribution in [0.3, 0.4) is 0 Å². The first-order chi connectivity index (χ1) is 10.2. The Kier molecular flexibility index (Phi) is 7.17. The molecular weight excluding hydrogens is 302 g/mol. The van der Waals surface area contributed by atoms with Crippen molar-refractivity contribution < 1.29 is 14.6 Å². The van der Waals surface area contributed by atoms with Crippen LogP contribution in [0.15, 0.2) is 24.3 Å². The smallest absolute Gasteiger partial charge is 0.410 e. The summed E-state index contributed by atoms with van der Waals surface area (Å²) in [6.07, 6.45) is 1.44. The monoisotopic (exact) mass is 327 g/mol. The second-order valence-electron chi connectivity index (χ2n) is 6.47. The maximum atomic E-state index is 11.8. The Bertz CT molecular complexity index is 485. The summed E-state index contributed by atoms with van der Waals surface area (Å²) in [6.45, 7) is 6.15. The van der Waals surface area contributed by atoms with E-state index in [4.69, 9.17) is 16.3 Å². The minimum Gasteiger partial charge on any atom is -0.444 e. The Morgan fingerprint density at radius 3 is 2.64 bits per heavy atom. The molecule has 1 N–H and O–H groups in total. The van der Waals surface area contributed by atoms with Crippen molar-refractivity contribution in [3.63, 3.8) is 0 Å². The fourth-order valence-electron chi connectivity index (χ4n) is 2.00. The first-order valence-corrected chi connectivity index (χ1v) is 7.94.